The van der Waals surface area contributed by atoms with Gasteiger partial charge in [-0.15, -0.1) is 0 Å². The van der Waals surface area contributed by atoms with Crippen LogP contribution in [-0.4, -0.2) is 13.0 Å². The first kappa shape index (κ1) is 14.5. The van der Waals surface area contributed by atoms with E-state index in [1.54, 1.807) is 13.1 Å². The number of amides is 1. The van der Waals surface area contributed by atoms with Crippen molar-refractivity contribution >= 4 is 33.2 Å². The number of carbonyl (C=O) groups excluding carboxylic acids is 1. The molecule has 0 fully saturated rings. The molecule has 0 spiro atoms. The van der Waals surface area contributed by atoms with Gasteiger partial charge in [0.05, 0.1) is 11.3 Å². The molecule has 1 amide bonds. The Kier molecular flexibility index (Phi) is 4.39. The topological polar surface area (TPSA) is 41.1 Å². The maximum atomic E-state index is 13.0. The average Bonchev–Trinajstić information content (AvgIpc) is 2.41. The van der Waals surface area contributed by atoms with E-state index < -0.39 is 0 Å². The number of hydrogen-bond donors (Lipinski definition) is 2. The van der Waals surface area contributed by atoms with Crippen LogP contribution in [0.2, 0.25) is 0 Å². The number of hydrogen-bond acceptors (Lipinski definition) is 2. The number of nitrogens with one attached hydrogen (secondary N) is 2. The van der Waals surface area contributed by atoms with Crippen LogP contribution in [0, 0.1) is 12.7 Å². The summed E-state index contributed by atoms with van der Waals surface area (Å²) in [4.78, 5) is 12.3. The van der Waals surface area contributed by atoms with Crippen molar-refractivity contribution in [1.82, 2.24) is 0 Å². The smallest absolute Gasteiger partial charge is 0.257 e. The first-order valence-corrected chi connectivity index (χ1v) is 6.85. The largest absolute Gasteiger partial charge is 0.387 e. The van der Waals surface area contributed by atoms with E-state index >= 15 is 0 Å². The number of anilines is 2. The van der Waals surface area contributed by atoms with Crippen LogP contribution in [0.5, 0.6) is 0 Å². The van der Waals surface area contributed by atoms with Gasteiger partial charge in [0, 0.05) is 17.2 Å². The summed E-state index contributed by atoms with van der Waals surface area (Å²) in [6, 6.07) is 9.65. The van der Waals surface area contributed by atoms with Crippen LogP contribution in [-0.2, 0) is 0 Å². The molecule has 2 aromatic carbocycles. The van der Waals surface area contributed by atoms with E-state index in [1.807, 2.05) is 19.1 Å². The molecule has 3 nitrogen and oxygen atoms in total. The summed E-state index contributed by atoms with van der Waals surface area (Å²) in [5.41, 5.74) is 2.88. The van der Waals surface area contributed by atoms with Gasteiger partial charge < -0.3 is 10.6 Å². The van der Waals surface area contributed by atoms with Crippen LogP contribution in [0.25, 0.3) is 0 Å². The molecule has 0 saturated heterocycles. The monoisotopic (exact) mass is 336 g/mol. The second-order valence-electron chi connectivity index (χ2n) is 4.38. The number of halogens is 2. The standard InChI is InChI=1S/C15H14BrFN2O/c1-9-3-5-11(14(7-9)18-2)15(20)19-13-6-4-10(17)8-12(13)16/h3-8,18H,1-2H3,(H,19,20). The molecule has 2 rings (SSSR count). The first-order chi connectivity index (χ1) is 9.51. The molecule has 0 bridgehead atoms. The fourth-order valence-electron chi connectivity index (χ4n) is 1.84. The van der Waals surface area contributed by atoms with E-state index in [2.05, 4.69) is 26.6 Å². The minimum atomic E-state index is -0.360. The molecule has 20 heavy (non-hydrogen) atoms. The van der Waals surface area contributed by atoms with Gasteiger partial charge in [0.25, 0.3) is 5.91 Å². The Morgan fingerprint density at radius 1 is 1.15 bits per heavy atom. The molecule has 0 aliphatic heterocycles. The van der Waals surface area contributed by atoms with Crippen molar-refractivity contribution in [1.29, 1.82) is 0 Å². The SMILES string of the molecule is CNc1cc(C)ccc1C(=O)Nc1ccc(F)cc1Br. The molecular formula is C15H14BrFN2O. The van der Waals surface area contributed by atoms with Gasteiger partial charge in [-0.25, -0.2) is 4.39 Å². The number of benzene rings is 2. The van der Waals surface area contributed by atoms with Crippen LogP contribution in [0.4, 0.5) is 15.8 Å². The molecule has 2 N–H and O–H groups in total. The number of aryl methyl sites for hydroxylation is 1. The third-order valence-electron chi connectivity index (χ3n) is 2.87. The minimum Gasteiger partial charge on any atom is -0.387 e. The zero-order valence-corrected chi connectivity index (χ0v) is 12.7. The second-order valence-corrected chi connectivity index (χ2v) is 5.23. The fraction of sp³-hybridized carbons (Fsp3) is 0.133. The van der Waals surface area contributed by atoms with E-state index in [-0.39, 0.29) is 11.7 Å². The lowest BCUT2D eigenvalue weighted by atomic mass is 10.1. The molecule has 0 aromatic heterocycles. The van der Waals surface area contributed by atoms with Crippen molar-refractivity contribution in [2.75, 3.05) is 17.7 Å². The lowest BCUT2D eigenvalue weighted by Gasteiger charge is -2.11. The summed E-state index contributed by atoms with van der Waals surface area (Å²) in [6.45, 7) is 1.96. The summed E-state index contributed by atoms with van der Waals surface area (Å²) >= 11 is 3.23. The molecule has 0 unspecified atom stereocenters. The van der Waals surface area contributed by atoms with Crippen molar-refractivity contribution in [3.63, 3.8) is 0 Å². The lowest BCUT2D eigenvalue weighted by molar-refractivity contribution is 0.102. The van der Waals surface area contributed by atoms with Crippen molar-refractivity contribution in [2.45, 2.75) is 6.92 Å². The van der Waals surface area contributed by atoms with Gasteiger partial charge in [-0.05, 0) is 58.7 Å². The van der Waals surface area contributed by atoms with Gasteiger partial charge in [0.15, 0.2) is 0 Å². The van der Waals surface area contributed by atoms with Crippen LogP contribution < -0.4 is 10.6 Å². The molecule has 5 heteroatoms. The van der Waals surface area contributed by atoms with E-state index in [1.165, 1.54) is 18.2 Å². The fourth-order valence-corrected chi connectivity index (χ4v) is 2.29. The summed E-state index contributed by atoms with van der Waals surface area (Å²) in [5.74, 6) is -0.609. The van der Waals surface area contributed by atoms with Crippen molar-refractivity contribution in [2.24, 2.45) is 0 Å². The summed E-state index contributed by atoms with van der Waals surface area (Å²) in [5, 5.41) is 5.75. The molecule has 0 atom stereocenters. The quantitative estimate of drug-likeness (QED) is 0.882. The Labute approximate surface area is 125 Å². The Morgan fingerprint density at radius 3 is 2.55 bits per heavy atom. The van der Waals surface area contributed by atoms with E-state index in [0.717, 1.165) is 11.3 Å². The van der Waals surface area contributed by atoms with Gasteiger partial charge in [0.2, 0.25) is 0 Å². The first-order valence-electron chi connectivity index (χ1n) is 6.06. The molecule has 0 saturated carbocycles. The van der Waals surface area contributed by atoms with Gasteiger partial charge >= 0.3 is 0 Å². The Balaban J connectivity index is 2.28. The molecule has 0 aliphatic rings. The Morgan fingerprint density at radius 2 is 1.90 bits per heavy atom. The highest BCUT2D eigenvalue weighted by Crippen LogP contribution is 2.25. The Bertz CT molecular complexity index is 658. The molecular weight excluding hydrogens is 323 g/mol. The second kappa shape index (κ2) is 6.05. The van der Waals surface area contributed by atoms with Crippen LogP contribution in [0.3, 0.4) is 0 Å². The highest BCUT2D eigenvalue weighted by atomic mass is 79.9. The highest BCUT2D eigenvalue weighted by Gasteiger charge is 2.12. The highest BCUT2D eigenvalue weighted by molar-refractivity contribution is 9.10. The van der Waals surface area contributed by atoms with Crippen LogP contribution >= 0.6 is 15.9 Å². The molecule has 2 aromatic rings. The number of rotatable bonds is 3. The average molecular weight is 337 g/mol. The Hall–Kier alpha value is -1.88. The molecule has 0 aliphatic carbocycles. The number of carbonyl (C=O) groups is 1. The van der Waals surface area contributed by atoms with E-state index in [9.17, 15) is 9.18 Å². The lowest BCUT2D eigenvalue weighted by Crippen LogP contribution is -2.14. The third kappa shape index (κ3) is 3.17. The van der Waals surface area contributed by atoms with Gasteiger partial charge in [-0.1, -0.05) is 6.07 Å². The maximum Gasteiger partial charge on any atom is 0.257 e. The molecule has 0 radical (unpaired) electrons. The molecule has 0 heterocycles. The van der Waals surface area contributed by atoms with Crippen molar-refractivity contribution < 1.29 is 9.18 Å². The van der Waals surface area contributed by atoms with Gasteiger partial charge in [0.1, 0.15) is 5.82 Å². The predicted molar refractivity (Wildman–Crippen MR) is 82.8 cm³/mol. The summed E-state index contributed by atoms with van der Waals surface area (Å²) in [6.07, 6.45) is 0. The van der Waals surface area contributed by atoms with Gasteiger partial charge in [-0.3, -0.25) is 4.79 Å². The third-order valence-corrected chi connectivity index (χ3v) is 3.52. The minimum absolute atomic E-state index is 0.248. The van der Waals surface area contributed by atoms with Gasteiger partial charge in [-0.2, -0.15) is 0 Å². The predicted octanol–water partition coefficient (Wildman–Crippen LogP) is 4.19. The zero-order chi connectivity index (χ0) is 14.7. The summed E-state index contributed by atoms with van der Waals surface area (Å²) in [7, 11) is 1.76. The van der Waals surface area contributed by atoms with E-state index in [0.29, 0.717) is 15.7 Å². The summed E-state index contributed by atoms with van der Waals surface area (Å²) < 4.78 is 13.5. The zero-order valence-electron chi connectivity index (χ0n) is 11.1. The van der Waals surface area contributed by atoms with E-state index in [4.69, 9.17) is 0 Å². The maximum absolute atomic E-state index is 13.0. The van der Waals surface area contributed by atoms with Crippen molar-refractivity contribution in [3.05, 3.63) is 57.8 Å². The van der Waals surface area contributed by atoms with Crippen LogP contribution in [0.1, 0.15) is 15.9 Å². The molecule has 104 valence electrons. The van der Waals surface area contributed by atoms with Crippen molar-refractivity contribution in [3.8, 4) is 0 Å². The normalized spacial score (nSPS) is 10.2. The van der Waals surface area contributed by atoms with Crippen LogP contribution in [0.15, 0.2) is 40.9 Å².